The molecule has 6 heteroatoms. The minimum atomic E-state index is -0.469. The van der Waals surface area contributed by atoms with E-state index in [0.29, 0.717) is 16.8 Å². The van der Waals surface area contributed by atoms with Crippen LogP contribution in [0, 0.1) is 6.92 Å². The molecular weight excluding hydrogens is 346 g/mol. The number of pyridine rings is 1. The van der Waals surface area contributed by atoms with E-state index < -0.39 is 5.60 Å². The van der Waals surface area contributed by atoms with Gasteiger partial charge in [0.25, 0.3) is 0 Å². The Balaban J connectivity index is 2.12. The SMILES string of the molecule is Cc1cc(C2CCCN(C(=O)OC(C)(C)C)C2)nc(Br)c1N. The van der Waals surface area contributed by atoms with Gasteiger partial charge >= 0.3 is 6.09 Å². The Morgan fingerprint density at radius 3 is 2.77 bits per heavy atom. The molecule has 22 heavy (non-hydrogen) atoms. The first-order valence-electron chi connectivity index (χ1n) is 7.58. The summed E-state index contributed by atoms with van der Waals surface area (Å²) in [4.78, 5) is 18.5. The number of nitrogens with two attached hydrogens (primary N) is 1. The molecule has 0 radical (unpaired) electrons. The summed E-state index contributed by atoms with van der Waals surface area (Å²) in [6.07, 6.45) is 1.72. The van der Waals surface area contributed by atoms with Crippen molar-refractivity contribution in [3.8, 4) is 0 Å². The molecule has 0 aromatic carbocycles. The van der Waals surface area contributed by atoms with Gasteiger partial charge < -0.3 is 15.4 Å². The van der Waals surface area contributed by atoms with Gasteiger partial charge in [-0.05, 0) is 68.1 Å². The lowest BCUT2D eigenvalue weighted by Crippen LogP contribution is -2.42. The number of likely N-dealkylation sites (tertiary alicyclic amines) is 1. The third-order valence-corrected chi connectivity index (χ3v) is 4.33. The molecule has 1 aromatic heterocycles. The van der Waals surface area contributed by atoms with Gasteiger partial charge in [-0.1, -0.05) is 0 Å². The molecule has 1 amide bonds. The van der Waals surface area contributed by atoms with Crippen LogP contribution in [0.25, 0.3) is 0 Å². The predicted octanol–water partition coefficient (Wildman–Crippen LogP) is 3.85. The van der Waals surface area contributed by atoms with E-state index in [2.05, 4.69) is 20.9 Å². The summed E-state index contributed by atoms with van der Waals surface area (Å²) in [6.45, 7) is 9.00. The number of aromatic nitrogens is 1. The van der Waals surface area contributed by atoms with Crippen molar-refractivity contribution >= 4 is 27.7 Å². The molecule has 0 bridgehead atoms. The summed E-state index contributed by atoms with van der Waals surface area (Å²) < 4.78 is 6.14. The minimum absolute atomic E-state index is 0.219. The van der Waals surface area contributed by atoms with Crippen LogP contribution in [0.2, 0.25) is 0 Å². The van der Waals surface area contributed by atoms with Crippen LogP contribution in [-0.2, 0) is 4.74 Å². The molecule has 1 aromatic rings. The van der Waals surface area contributed by atoms with Crippen molar-refractivity contribution in [2.45, 2.75) is 52.1 Å². The first-order chi connectivity index (χ1) is 10.2. The zero-order valence-electron chi connectivity index (χ0n) is 13.6. The Morgan fingerprint density at radius 1 is 1.50 bits per heavy atom. The number of nitrogens with zero attached hydrogens (tertiary/aromatic N) is 2. The Kier molecular flexibility index (Phi) is 5.00. The number of carbonyl (C=O) groups excluding carboxylic acids is 1. The number of amides is 1. The normalized spacial score (nSPS) is 19.1. The summed E-state index contributed by atoms with van der Waals surface area (Å²) in [5.41, 5.74) is 8.12. The summed E-state index contributed by atoms with van der Waals surface area (Å²) in [7, 11) is 0. The number of ether oxygens (including phenoxy) is 1. The number of carbonyl (C=O) groups is 1. The van der Waals surface area contributed by atoms with E-state index in [0.717, 1.165) is 30.6 Å². The van der Waals surface area contributed by atoms with Crippen LogP contribution in [0.1, 0.15) is 50.8 Å². The number of nitrogen functional groups attached to an aromatic ring is 1. The van der Waals surface area contributed by atoms with Crippen LogP contribution in [0.4, 0.5) is 10.5 Å². The summed E-state index contributed by atoms with van der Waals surface area (Å²) in [5.74, 6) is 0.219. The van der Waals surface area contributed by atoms with Gasteiger partial charge in [-0.2, -0.15) is 0 Å². The van der Waals surface area contributed by atoms with E-state index in [1.54, 1.807) is 4.90 Å². The number of hydrogen-bond acceptors (Lipinski definition) is 4. The Morgan fingerprint density at radius 2 is 2.18 bits per heavy atom. The number of anilines is 1. The quantitative estimate of drug-likeness (QED) is 0.763. The van der Waals surface area contributed by atoms with Crippen molar-refractivity contribution in [2.24, 2.45) is 0 Å². The van der Waals surface area contributed by atoms with Gasteiger partial charge in [-0.15, -0.1) is 0 Å². The molecule has 0 saturated carbocycles. The van der Waals surface area contributed by atoms with Gasteiger partial charge in [0.2, 0.25) is 0 Å². The molecular formula is C16H24BrN3O2. The van der Waals surface area contributed by atoms with Crippen LogP contribution in [-0.4, -0.2) is 34.7 Å². The highest BCUT2D eigenvalue weighted by Crippen LogP contribution is 2.30. The average Bonchev–Trinajstić information content (AvgIpc) is 2.42. The fourth-order valence-electron chi connectivity index (χ4n) is 2.59. The molecule has 1 atom stereocenters. The van der Waals surface area contributed by atoms with Gasteiger partial charge in [0, 0.05) is 24.7 Å². The maximum Gasteiger partial charge on any atom is 0.410 e. The van der Waals surface area contributed by atoms with Crippen LogP contribution in [0.3, 0.4) is 0 Å². The van der Waals surface area contributed by atoms with Crippen molar-refractivity contribution in [2.75, 3.05) is 18.8 Å². The topological polar surface area (TPSA) is 68.5 Å². The highest BCUT2D eigenvalue weighted by atomic mass is 79.9. The molecule has 0 aliphatic carbocycles. The molecule has 122 valence electrons. The van der Waals surface area contributed by atoms with Gasteiger partial charge in [-0.25, -0.2) is 9.78 Å². The van der Waals surface area contributed by atoms with E-state index in [1.807, 2.05) is 33.8 Å². The number of piperidine rings is 1. The molecule has 1 aliphatic heterocycles. The van der Waals surface area contributed by atoms with Gasteiger partial charge in [0.05, 0.1) is 5.69 Å². The fraction of sp³-hybridized carbons (Fsp3) is 0.625. The highest BCUT2D eigenvalue weighted by molar-refractivity contribution is 9.10. The Bertz CT molecular complexity index is 546. The Hall–Kier alpha value is -1.30. The summed E-state index contributed by atoms with van der Waals surface area (Å²) in [6, 6.07) is 2.02. The van der Waals surface area contributed by atoms with E-state index in [9.17, 15) is 4.79 Å². The maximum atomic E-state index is 12.2. The third kappa shape index (κ3) is 4.12. The van der Waals surface area contributed by atoms with Crippen molar-refractivity contribution in [3.05, 3.63) is 21.9 Å². The zero-order chi connectivity index (χ0) is 16.5. The second-order valence-corrected chi connectivity index (χ2v) is 7.59. The maximum absolute atomic E-state index is 12.2. The highest BCUT2D eigenvalue weighted by Gasteiger charge is 2.29. The van der Waals surface area contributed by atoms with Crippen molar-refractivity contribution < 1.29 is 9.53 Å². The lowest BCUT2D eigenvalue weighted by molar-refractivity contribution is 0.0197. The number of rotatable bonds is 1. The monoisotopic (exact) mass is 369 g/mol. The van der Waals surface area contributed by atoms with Gasteiger partial charge in [-0.3, -0.25) is 0 Å². The van der Waals surface area contributed by atoms with Crippen molar-refractivity contribution in [3.63, 3.8) is 0 Å². The van der Waals surface area contributed by atoms with Crippen LogP contribution >= 0.6 is 15.9 Å². The van der Waals surface area contributed by atoms with Crippen LogP contribution in [0.5, 0.6) is 0 Å². The van der Waals surface area contributed by atoms with Crippen molar-refractivity contribution in [1.29, 1.82) is 0 Å². The van der Waals surface area contributed by atoms with Crippen LogP contribution in [0.15, 0.2) is 10.7 Å². The molecule has 1 fully saturated rings. The first kappa shape index (κ1) is 17.1. The standard InChI is InChI=1S/C16H24BrN3O2/c1-10-8-12(19-14(17)13(10)18)11-6-5-7-20(9-11)15(21)22-16(2,3)4/h8,11H,5-7,9,18H2,1-4H3. The molecule has 2 rings (SSSR count). The van der Waals surface area contributed by atoms with Crippen LogP contribution < -0.4 is 5.73 Å². The van der Waals surface area contributed by atoms with E-state index in [-0.39, 0.29) is 12.0 Å². The number of halogens is 1. The summed E-state index contributed by atoms with van der Waals surface area (Å²) >= 11 is 3.41. The second-order valence-electron chi connectivity index (χ2n) is 6.83. The van der Waals surface area contributed by atoms with Gasteiger partial charge in [0.15, 0.2) is 0 Å². The van der Waals surface area contributed by atoms with Gasteiger partial charge in [0.1, 0.15) is 10.2 Å². The molecule has 5 nitrogen and oxygen atoms in total. The molecule has 1 saturated heterocycles. The molecule has 1 unspecified atom stereocenters. The molecule has 2 heterocycles. The fourth-order valence-corrected chi connectivity index (χ4v) is 3.11. The van der Waals surface area contributed by atoms with E-state index in [1.165, 1.54) is 0 Å². The molecule has 1 aliphatic rings. The number of aryl methyl sites for hydroxylation is 1. The predicted molar refractivity (Wildman–Crippen MR) is 90.9 cm³/mol. The second kappa shape index (κ2) is 6.44. The average molecular weight is 370 g/mol. The van der Waals surface area contributed by atoms with Crippen molar-refractivity contribution in [1.82, 2.24) is 9.88 Å². The largest absolute Gasteiger partial charge is 0.444 e. The summed E-state index contributed by atoms with van der Waals surface area (Å²) in [5, 5.41) is 0. The lowest BCUT2D eigenvalue weighted by Gasteiger charge is -2.34. The number of hydrogen-bond donors (Lipinski definition) is 1. The molecule has 2 N–H and O–H groups in total. The lowest BCUT2D eigenvalue weighted by atomic mass is 9.93. The Labute approximate surface area is 140 Å². The minimum Gasteiger partial charge on any atom is -0.444 e. The molecule has 0 spiro atoms. The van der Waals surface area contributed by atoms with E-state index >= 15 is 0 Å². The third-order valence-electron chi connectivity index (χ3n) is 3.73. The first-order valence-corrected chi connectivity index (χ1v) is 8.37. The smallest absolute Gasteiger partial charge is 0.410 e. The van der Waals surface area contributed by atoms with E-state index in [4.69, 9.17) is 10.5 Å². The zero-order valence-corrected chi connectivity index (χ0v) is 15.2.